The fourth-order valence-electron chi connectivity index (χ4n) is 2.95. The molecule has 2 rings (SSSR count). The average molecular weight is 295 g/mol. The van der Waals surface area contributed by atoms with Crippen molar-refractivity contribution in [2.24, 2.45) is 0 Å². The van der Waals surface area contributed by atoms with Gasteiger partial charge in [-0.25, -0.2) is 4.79 Å². The molecule has 6 nitrogen and oxygen atoms in total. The van der Waals surface area contributed by atoms with Crippen molar-refractivity contribution in [2.45, 2.75) is 58.4 Å². The van der Waals surface area contributed by atoms with E-state index in [0.29, 0.717) is 24.4 Å². The van der Waals surface area contributed by atoms with Crippen LogP contribution in [0.5, 0.6) is 0 Å². The molecule has 1 fully saturated rings. The number of nitrogens with one attached hydrogen (secondary N) is 1. The highest BCUT2D eigenvalue weighted by Gasteiger charge is 2.26. The van der Waals surface area contributed by atoms with Crippen molar-refractivity contribution in [2.75, 3.05) is 18.5 Å². The minimum absolute atomic E-state index is 0.0207. The summed E-state index contributed by atoms with van der Waals surface area (Å²) in [6, 6.07) is 0.0492. The second-order valence-corrected chi connectivity index (χ2v) is 5.55. The Morgan fingerprint density at radius 1 is 1.43 bits per heavy atom. The first kappa shape index (κ1) is 15.8. The maximum absolute atomic E-state index is 12.6. The fourth-order valence-corrected chi connectivity index (χ4v) is 2.95. The highest BCUT2D eigenvalue weighted by Crippen LogP contribution is 2.25. The number of aromatic nitrogens is 1. The van der Waals surface area contributed by atoms with Gasteiger partial charge in [-0.1, -0.05) is 31.3 Å². The molecular weight excluding hydrogens is 270 g/mol. The summed E-state index contributed by atoms with van der Waals surface area (Å²) in [5.74, 6) is 0.618. The summed E-state index contributed by atoms with van der Waals surface area (Å²) in [4.78, 5) is 14.3. The van der Waals surface area contributed by atoms with Crippen molar-refractivity contribution >= 4 is 11.7 Å². The monoisotopic (exact) mass is 295 g/mol. The Morgan fingerprint density at radius 3 is 2.76 bits per heavy atom. The highest BCUT2D eigenvalue weighted by molar-refractivity contribution is 5.90. The molecule has 1 aliphatic rings. The van der Waals surface area contributed by atoms with Crippen molar-refractivity contribution in [1.82, 2.24) is 10.1 Å². The molecule has 1 aromatic heterocycles. The molecule has 0 spiro atoms. The molecular formula is C15H25N3O3. The van der Waals surface area contributed by atoms with E-state index >= 15 is 0 Å². The first-order valence-electron chi connectivity index (χ1n) is 7.81. The Balaban J connectivity index is 2.08. The van der Waals surface area contributed by atoms with Crippen molar-refractivity contribution in [3.8, 4) is 0 Å². The molecule has 1 saturated carbocycles. The molecule has 6 heteroatoms. The average Bonchev–Trinajstić information content (AvgIpc) is 2.86. The summed E-state index contributed by atoms with van der Waals surface area (Å²) in [5.41, 5.74) is 1.43. The van der Waals surface area contributed by atoms with E-state index in [0.717, 1.165) is 31.4 Å². The van der Waals surface area contributed by atoms with E-state index in [2.05, 4.69) is 10.5 Å². The number of urea groups is 1. The Labute approximate surface area is 125 Å². The van der Waals surface area contributed by atoms with Crippen LogP contribution in [-0.4, -0.2) is 40.4 Å². The SMILES string of the molecule is CCc1noc(C)c1NC(=O)N(CCO)C1CCCCC1. The molecule has 118 valence electrons. The summed E-state index contributed by atoms with van der Waals surface area (Å²) in [5, 5.41) is 16.1. The van der Waals surface area contributed by atoms with Gasteiger partial charge in [-0.2, -0.15) is 0 Å². The lowest BCUT2D eigenvalue weighted by atomic mass is 9.94. The molecule has 0 bridgehead atoms. The van der Waals surface area contributed by atoms with Gasteiger partial charge in [-0.3, -0.25) is 0 Å². The largest absolute Gasteiger partial charge is 0.395 e. The molecule has 2 N–H and O–H groups in total. The van der Waals surface area contributed by atoms with Gasteiger partial charge in [-0.05, 0) is 26.2 Å². The van der Waals surface area contributed by atoms with Gasteiger partial charge in [0.1, 0.15) is 11.4 Å². The Hall–Kier alpha value is -1.56. The number of aryl methyl sites for hydroxylation is 2. The third-order valence-electron chi connectivity index (χ3n) is 4.12. The lowest BCUT2D eigenvalue weighted by molar-refractivity contribution is 0.144. The minimum atomic E-state index is -0.169. The van der Waals surface area contributed by atoms with Crippen LogP contribution < -0.4 is 5.32 Å². The minimum Gasteiger partial charge on any atom is -0.395 e. The highest BCUT2D eigenvalue weighted by atomic mass is 16.5. The van der Waals surface area contributed by atoms with Crippen molar-refractivity contribution < 1.29 is 14.4 Å². The zero-order valence-corrected chi connectivity index (χ0v) is 12.9. The van der Waals surface area contributed by atoms with Gasteiger partial charge in [0.2, 0.25) is 0 Å². The van der Waals surface area contributed by atoms with Crippen molar-refractivity contribution in [1.29, 1.82) is 0 Å². The lowest BCUT2D eigenvalue weighted by Gasteiger charge is -2.33. The van der Waals surface area contributed by atoms with Crippen LogP contribution in [0.4, 0.5) is 10.5 Å². The van der Waals surface area contributed by atoms with Crippen LogP contribution in [0.3, 0.4) is 0 Å². The molecule has 1 heterocycles. The Morgan fingerprint density at radius 2 is 2.14 bits per heavy atom. The maximum atomic E-state index is 12.6. The molecule has 2 amide bonds. The number of hydrogen-bond acceptors (Lipinski definition) is 4. The van der Waals surface area contributed by atoms with E-state index in [-0.39, 0.29) is 18.7 Å². The number of carbonyl (C=O) groups is 1. The Kier molecular flexibility index (Phi) is 5.61. The lowest BCUT2D eigenvalue weighted by Crippen LogP contribution is -2.45. The van der Waals surface area contributed by atoms with Crippen molar-refractivity contribution in [3.63, 3.8) is 0 Å². The van der Waals surface area contributed by atoms with Gasteiger partial charge in [0.15, 0.2) is 5.76 Å². The molecule has 0 atom stereocenters. The number of anilines is 1. The molecule has 0 radical (unpaired) electrons. The van der Waals surface area contributed by atoms with Gasteiger partial charge in [0.25, 0.3) is 0 Å². The van der Waals surface area contributed by atoms with E-state index in [1.165, 1.54) is 6.42 Å². The van der Waals surface area contributed by atoms with E-state index in [1.54, 1.807) is 11.8 Å². The summed E-state index contributed by atoms with van der Waals surface area (Å²) in [7, 11) is 0. The van der Waals surface area contributed by atoms with Gasteiger partial charge in [0, 0.05) is 12.6 Å². The van der Waals surface area contributed by atoms with Crippen LogP contribution >= 0.6 is 0 Å². The number of carbonyl (C=O) groups excluding carboxylic acids is 1. The second kappa shape index (κ2) is 7.45. The summed E-state index contributed by atoms with van der Waals surface area (Å²) in [6.07, 6.45) is 6.25. The number of hydrogen-bond donors (Lipinski definition) is 2. The Bertz CT molecular complexity index is 467. The van der Waals surface area contributed by atoms with Crippen LogP contribution in [0.25, 0.3) is 0 Å². The van der Waals surface area contributed by atoms with Gasteiger partial charge < -0.3 is 19.8 Å². The third-order valence-corrected chi connectivity index (χ3v) is 4.12. The predicted octanol–water partition coefficient (Wildman–Crippen LogP) is 2.70. The van der Waals surface area contributed by atoms with Crippen LogP contribution in [0, 0.1) is 6.92 Å². The standard InChI is InChI=1S/C15H25N3O3/c1-3-13-14(11(2)21-17-13)16-15(20)18(9-10-19)12-7-5-4-6-8-12/h12,19H,3-10H2,1-2H3,(H,16,20). The van der Waals surface area contributed by atoms with Crippen LogP contribution in [0.2, 0.25) is 0 Å². The second-order valence-electron chi connectivity index (χ2n) is 5.55. The van der Waals surface area contributed by atoms with Crippen LogP contribution in [-0.2, 0) is 6.42 Å². The first-order chi connectivity index (χ1) is 10.2. The third kappa shape index (κ3) is 3.75. The summed E-state index contributed by atoms with van der Waals surface area (Å²) >= 11 is 0. The molecule has 1 aliphatic carbocycles. The topological polar surface area (TPSA) is 78.6 Å². The molecule has 1 aromatic rings. The predicted molar refractivity (Wildman–Crippen MR) is 80.3 cm³/mol. The van der Waals surface area contributed by atoms with E-state index < -0.39 is 0 Å². The smallest absolute Gasteiger partial charge is 0.322 e. The fraction of sp³-hybridized carbons (Fsp3) is 0.733. The summed E-state index contributed by atoms with van der Waals surface area (Å²) < 4.78 is 5.14. The quantitative estimate of drug-likeness (QED) is 0.875. The molecule has 0 aromatic carbocycles. The zero-order chi connectivity index (χ0) is 15.2. The molecule has 0 aliphatic heterocycles. The molecule has 21 heavy (non-hydrogen) atoms. The molecule has 0 unspecified atom stereocenters. The normalized spacial score (nSPS) is 16.0. The molecule has 0 saturated heterocycles. The van der Waals surface area contributed by atoms with Crippen molar-refractivity contribution in [3.05, 3.63) is 11.5 Å². The number of aliphatic hydroxyl groups is 1. The first-order valence-corrected chi connectivity index (χ1v) is 7.81. The van der Waals surface area contributed by atoms with Crippen LogP contribution in [0.15, 0.2) is 4.52 Å². The zero-order valence-electron chi connectivity index (χ0n) is 12.9. The number of rotatable bonds is 5. The van der Waals surface area contributed by atoms with Crippen LogP contribution in [0.1, 0.15) is 50.5 Å². The number of aliphatic hydroxyl groups excluding tert-OH is 1. The van der Waals surface area contributed by atoms with E-state index in [1.807, 2.05) is 6.92 Å². The van der Waals surface area contributed by atoms with E-state index in [9.17, 15) is 9.90 Å². The summed E-state index contributed by atoms with van der Waals surface area (Å²) in [6.45, 7) is 4.10. The van der Waals surface area contributed by atoms with Gasteiger partial charge in [0.05, 0.1) is 6.61 Å². The number of amides is 2. The van der Waals surface area contributed by atoms with Gasteiger partial charge in [-0.15, -0.1) is 0 Å². The van der Waals surface area contributed by atoms with Gasteiger partial charge >= 0.3 is 6.03 Å². The maximum Gasteiger partial charge on any atom is 0.322 e. The van der Waals surface area contributed by atoms with E-state index in [4.69, 9.17) is 4.52 Å². The number of nitrogens with zero attached hydrogens (tertiary/aromatic N) is 2.